The van der Waals surface area contributed by atoms with Crippen molar-refractivity contribution in [3.05, 3.63) is 64.1 Å². The molecule has 0 aromatic heterocycles. The third-order valence-electron chi connectivity index (χ3n) is 4.91. The van der Waals surface area contributed by atoms with Gasteiger partial charge in [-0.15, -0.1) is 11.8 Å². The van der Waals surface area contributed by atoms with Crippen LogP contribution in [0.1, 0.15) is 11.1 Å². The number of nitrogens with zero attached hydrogens (tertiary/aromatic N) is 2. The second-order valence-corrected chi connectivity index (χ2v) is 9.05. The van der Waals surface area contributed by atoms with Crippen molar-refractivity contribution in [2.45, 2.75) is 18.4 Å². The first kappa shape index (κ1) is 21.9. The number of nitrogens with one attached hydrogen (secondary N) is 1. The van der Waals surface area contributed by atoms with Crippen LogP contribution < -0.4 is 5.32 Å². The van der Waals surface area contributed by atoms with Gasteiger partial charge < -0.3 is 10.2 Å². The highest BCUT2D eigenvalue weighted by Gasteiger charge is 2.22. The minimum atomic E-state index is 0.0231. The van der Waals surface area contributed by atoms with Gasteiger partial charge in [0.25, 0.3) is 0 Å². The lowest BCUT2D eigenvalue weighted by Crippen LogP contribution is -2.51. The Balaban J connectivity index is 1.37. The maximum absolute atomic E-state index is 12.5. The fourth-order valence-electron chi connectivity index (χ4n) is 3.22. The minimum absolute atomic E-state index is 0.0231. The molecule has 0 spiro atoms. The largest absolute Gasteiger partial charge is 0.351 e. The molecule has 1 fully saturated rings. The number of carbonyl (C=O) groups is 2. The number of hydrogen-bond donors (Lipinski definition) is 1. The number of aryl methyl sites for hydroxylation is 1. The summed E-state index contributed by atoms with van der Waals surface area (Å²) in [4.78, 5) is 29.9. The molecular formula is C22H26BrN3O2S. The molecule has 29 heavy (non-hydrogen) atoms. The molecule has 0 atom stereocenters. The van der Waals surface area contributed by atoms with Crippen LogP contribution in [0.25, 0.3) is 0 Å². The Bertz CT molecular complexity index is 839. The first-order chi connectivity index (χ1) is 14.0. The smallest absolute Gasteiger partial charge is 0.234 e. The van der Waals surface area contributed by atoms with Crippen LogP contribution in [0.4, 0.5) is 0 Å². The topological polar surface area (TPSA) is 52.7 Å². The number of thioether (sulfide) groups is 1. The Kier molecular flexibility index (Phi) is 8.15. The molecule has 2 aromatic carbocycles. The summed E-state index contributed by atoms with van der Waals surface area (Å²) in [6.07, 6.45) is 0. The lowest BCUT2D eigenvalue weighted by molar-refractivity contribution is -0.130. The highest BCUT2D eigenvalue weighted by molar-refractivity contribution is 9.10. The van der Waals surface area contributed by atoms with Crippen LogP contribution in [0.15, 0.2) is 57.9 Å². The van der Waals surface area contributed by atoms with Crippen LogP contribution in [0.5, 0.6) is 0 Å². The second-order valence-electron chi connectivity index (χ2n) is 7.12. The Morgan fingerprint density at radius 3 is 2.48 bits per heavy atom. The summed E-state index contributed by atoms with van der Waals surface area (Å²) < 4.78 is 1.05. The first-order valence-electron chi connectivity index (χ1n) is 9.71. The van der Waals surface area contributed by atoms with Gasteiger partial charge >= 0.3 is 0 Å². The van der Waals surface area contributed by atoms with E-state index in [1.165, 1.54) is 5.56 Å². The molecule has 0 bridgehead atoms. The average Bonchev–Trinajstić information content (AvgIpc) is 2.73. The van der Waals surface area contributed by atoms with E-state index in [4.69, 9.17) is 0 Å². The van der Waals surface area contributed by atoms with E-state index in [1.807, 2.05) is 47.4 Å². The van der Waals surface area contributed by atoms with Crippen molar-refractivity contribution in [1.82, 2.24) is 15.1 Å². The number of hydrogen-bond acceptors (Lipinski definition) is 4. The third kappa shape index (κ3) is 6.87. The summed E-state index contributed by atoms with van der Waals surface area (Å²) in [5.41, 5.74) is 2.26. The second kappa shape index (κ2) is 10.8. The van der Waals surface area contributed by atoms with E-state index in [9.17, 15) is 9.59 Å². The molecule has 1 aliphatic heterocycles. The number of benzene rings is 2. The lowest BCUT2D eigenvalue weighted by Gasteiger charge is -2.34. The molecule has 0 saturated carbocycles. The SMILES string of the molecule is Cc1cc(Br)ccc1SCC(=O)N1CCN(CC(=O)NCc2ccccc2)CC1. The van der Waals surface area contributed by atoms with E-state index < -0.39 is 0 Å². The molecule has 0 radical (unpaired) electrons. The lowest BCUT2D eigenvalue weighted by atomic mass is 10.2. The predicted molar refractivity (Wildman–Crippen MR) is 121 cm³/mol. The maximum Gasteiger partial charge on any atom is 0.234 e. The molecule has 0 unspecified atom stereocenters. The number of halogens is 1. The number of rotatable bonds is 7. The summed E-state index contributed by atoms with van der Waals surface area (Å²) >= 11 is 5.05. The van der Waals surface area contributed by atoms with Crippen molar-refractivity contribution < 1.29 is 9.59 Å². The van der Waals surface area contributed by atoms with Crippen molar-refractivity contribution in [3.63, 3.8) is 0 Å². The van der Waals surface area contributed by atoms with Gasteiger partial charge in [0.05, 0.1) is 12.3 Å². The van der Waals surface area contributed by atoms with E-state index in [-0.39, 0.29) is 11.8 Å². The van der Waals surface area contributed by atoms with Crippen molar-refractivity contribution in [1.29, 1.82) is 0 Å². The van der Waals surface area contributed by atoms with Gasteiger partial charge in [0.15, 0.2) is 0 Å². The fourth-order valence-corrected chi connectivity index (χ4v) is 4.60. The fraction of sp³-hybridized carbons (Fsp3) is 0.364. The molecule has 0 aliphatic carbocycles. The summed E-state index contributed by atoms with van der Waals surface area (Å²) in [6.45, 7) is 5.78. The number of piperazine rings is 1. The van der Waals surface area contributed by atoms with Gasteiger partial charge in [-0.2, -0.15) is 0 Å². The van der Waals surface area contributed by atoms with Crippen molar-refractivity contribution in [2.75, 3.05) is 38.5 Å². The molecule has 3 rings (SSSR count). The van der Waals surface area contributed by atoms with Gasteiger partial charge in [-0.3, -0.25) is 14.5 Å². The van der Waals surface area contributed by atoms with Crippen LogP contribution in [0.3, 0.4) is 0 Å². The zero-order chi connectivity index (χ0) is 20.6. The molecule has 1 aliphatic rings. The quantitative estimate of drug-likeness (QED) is 0.624. The third-order valence-corrected chi connectivity index (χ3v) is 6.57. The summed E-state index contributed by atoms with van der Waals surface area (Å²) in [5.74, 6) is 0.625. The monoisotopic (exact) mass is 475 g/mol. The molecule has 1 saturated heterocycles. The van der Waals surface area contributed by atoms with Crippen LogP contribution in [0, 0.1) is 6.92 Å². The van der Waals surface area contributed by atoms with Crippen LogP contribution in [-0.4, -0.2) is 60.1 Å². The van der Waals surface area contributed by atoms with Gasteiger partial charge in [0, 0.05) is 42.1 Å². The van der Waals surface area contributed by atoms with Gasteiger partial charge in [0.1, 0.15) is 0 Å². The highest BCUT2D eigenvalue weighted by atomic mass is 79.9. The van der Waals surface area contributed by atoms with Crippen molar-refractivity contribution >= 4 is 39.5 Å². The average molecular weight is 476 g/mol. The Hall–Kier alpha value is -1.83. The molecule has 2 aromatic rings. The van der Waals surface area contributed by atoms with E-state index >= 15 is 0 Å². The van der Waals surface area contributed by atoms with Crippen LogP contribution >= 0.6 is 27.7 Å². The standard InChI is InChI=1S/C22H26BrN3O2S/c1-17-13-19(23)7-8-20(17)29-16-22(28)26-11-9-25(10-12-26)15-21(27)24-14-18-5-3-2-4-6-18/h2-8,13H,9-12,14-16H2,1H3,(H,24,27). The van der Waals surface area contributed by atoms with Crippen LogP contribution in [-0.2, 0) is 16.1 Å². The van der Waals surface area contributed by atoms with Crippen molar-refractivity contribution in [3.8, 4) is 0 Å². The van der Waals surface area contributed by atoms with Crippen LogP contribution in [0.2, 0.25) is 0 Å². The van der Waals surface area contributed by atoms with Gasteiger partial charge in [-0.05, 0) is 36.2 Å². The summed E-state index contributed by atoms with van der Waals surface area (Å²) in [5, 5.41) is 2.96. The van der Waals surface area contributed by atoms with Gasteiger partial charge in [-0.1, -0.05) is 46.3 Å². The van der Waals surface area contributed by atoms with Crippen molar-refractivity contribution in [2.24, 2.45) is 0 Å². The molecule has 1 heterocycles. The first-order valence-corrected chi connectivity index (χ1v) is 11.5. The Morgan fingerprint density at radius 2 is 1.79 bits per heavy atom. The summed E-state index contributed by atoms with van der Waals surface area (Å²) in [6, 6.07) is 16.0. The number of carbonyl (C=O) groups excluding carboxylic acids is 2. The number of amides is 2. The Morgan fingerprint density at radius 1 is 1.07 bits per heavy atom. The molecule has 1 N–H and O–H groups in total. The maximum atomic E-state index is 12.5. The van der Waals surface area contributed by atoms with E-state index in [2.05, 4.69) is 39.1 Å². The zero-order valence-corrected chi connectivity index (χ0v) is 19.0. The zero-order valence-electron chi connectivity index (χ0n) is 16.6. The van der Waals surface area contributed by atoms with Gasteiger partial charge in [0.2, 0.25) is 11.8 Å². The van der Waals surface area contributed by atoms with Gasteiger partial charge in [-0.25, -0.2) is 0 Å². The van der Waals surface area contributed by atoms with E-state index in [0.717, 1.165) is 28.0 Å². The molecule has 154 valence electrons. The Labute approximate surface area is 185 Å². The van der Waals surface area contributed by atoms with E-state index in [1.54, 1.807) is 11.8 Å². The summed E-state index contributed by atoms with van der Waals surface area (Å²) in [7, 11) is 0. The van der Waals surface area contributed by atoms with E-state index in [0.29, 0.717) is 31.9 Å². The predicted octanol–water partition coefficient (Wildman–Crippen LogP) is 3.31. The molecule has 5 nitrogen and oxygen atoms in total. The normalized spacial score (nSPS) is 14.6. The highest BCUT2D eigenvalue weighted by Crippen LogP contribution is 2.25. The minimum Gasteiger partial charge on any atom is -0.351 e. The molecular weight excluding hydrogens is 450 g/mol. The molecule has 2 amide bonds. The molecule has 7 heteroatoms.